The fourth-order valence-corrected chi connectivity index (χ4v) is 4.61. The molecule has 1 aliphatic heterocycles. The van der Waals surface area contributed by atoms with Crippen LogP contribution in [0.2, 0.25) is 0 Å². The van der Waals surface area contributed by atoms with Gasteiger partial charge in [-0.05, 0) is 18.6 Å². The predicted molar refractivity (Wildman–Crippen MR) is 109 cm³/mol. The number of carbonyl (C=O) groups excluding carboxylic acids is 2. The SMILES string of the molecule is Cc1ccccc1-c1nc2s/c(=C3/C(=O)N(CC(=O)[O-])c4ccccc43)c(=O)n2n1. The highest BCUT2D eigenvalue weighted by atomic mass is 32.1. The molecule has 0 N–H and O–H groups in total. The minimum absolute atomic E-state index is 0.159. The number of anilines is 1. The number of nitrogens with zero attached hydrogens (tertiary/aromatic N) is 4. The number of carboxylic acid groups (broad SMARTS) is 1. The van der Waals surface area contributed by atoms with Crippen molar-refractivity contribution in [3.8, 4) is 11.4 Å². The van der Waals surface area contributed by atoms with E-state index in [-0.39, 0.29) is 10.1 Å². The third-order valence-electron chi connectivity index (χ3n) is 4.98. The van der Waals surface area contributed by atoms with Crippen LogP contribution in [0, 0.1) is 6.92 Å². The van der Waals surface area contributed by atoms with E-state index < -0.39 is 24.0 Å². The molecule has 0 radical (unpaired) electrons. The summed E-state index contributed by atoms with van der Waals surface area (Å²) < 4.78 is 1.37. The number of carbonyl (C=O) groups is 2. The Hall–Kier alpha value is -3.85. The second-order valence-corrected chi connectivity index (χ2v) is 7.81. The van der Waals surface area contributed by atoms with E-state index in [0.717, 1.165) is 27.4 Å². The molecule has 0 bridgehead atoms. The van der Waals surface area contributed by atoms with Gasteiger partial charge in [-0.25, -0.2) is 0 Å². The van der Waals surface area contributed by atoms with Crippen LogP contribution in [-0.4, -0.2) is 33.0 Å². The van der Waals surface area contributed by atoms with E-state index in [0.29, 0.717) is 22.0 Å². The monoisotopic (exact) mass is 417 g/mol. The molecule has 2 aromatic carbocycles. The van der Waals surface area contributed by atoms with E-state index in [1.54, 1.807) is 24.3 Å². The number of hydrogen-bond acceptors (Lipinski definition) is 7. The van der Waals surface area contributed by atoms with Gasteiger partial charge in [0.05, 0.1) is 23.8 Å². The van der Waals surface area contributed by atoms with Crippen molar-refractivity contribution in [3.63, 3.8) is 0 Å². The summed E-state index contributed by atoms with van der Waals surface area (Å²) in [5.74, 6) is -1.50. The molecule has 0 atom stereocenters. The molecule has 0 saturated carbocycles. The van der Waals surface area contributed by atoms with Gasteiger partial charge in [0.2, 0.25) is 4.96 Å². The van der Waals surface area contributed by atoms with E-state index >= 15 is 0 Å². The van der Waals surface area contributed by atoms with Gasteiger partial charge >= 0.3 is 0 Å². The number of rotatable bonds is 3. The molecule has 1 amide bonds. The molecule has 5 rings (SSSR count). The van der Waals surface area contributed by atoms with Crippen molar-refractivity contribution < 1.29 is 14.7 Å². The molecular formula is C21H13N4O4S-. The van der Waals surface area contributed by atoms with Gasteiger partial charge in [0.15, 0.2) is 5.82 Å². The number of amides is 1. The lowest BCUT2D eigenvalue weighted by Gasteiger charge is -2.17. The van der Waals surface area contributed by atoms with Gasteiger partial charge in [-0.1, -0.05) is 53.8 Å². The molecule has 3 heterocycles. The number of benzene rings is 2. The Bertz CT molecular complexity index is 1470. The Balaban J connectivity index is 1.73. The van der Waals surface area contributed by atoms with Crippen LogP contribution < -0.4 is 20.1 Å². The smallest absolute Gasteiger partial charge is 0.291 e. The van der Waals surface area contributed by atoms with Crippen LogP contribution in [0.5, 0.6) is 0 Å². The van der Waals surface area contributed by atoms with Gasteiger partial charge in [-0.3, -0.25) is 9.59 Å². The minimum atomic E-state index is -1.38. The first-order valence-electron chi connectivity index (χ1n) is 9.06. The largest absolute Gasteiger partial charge is 0.548 e. The summed E-state index contributed by atoms with van der Waals surface area (Å²) in [6.45, 7) is 1.34. The minimum Gasteiger partial charge on any atom is -0.548 e. The molecule has 9 heteroatoms. The van der Waals surface area contributed by atoms with Crippen LogP contribution in [0.1, 0.15) is 11.1 Å². The zero-order valence-corrected chi connectivity index (χ0v) is 16.5. The Morgan fingerprint density at radius 2 is 1.77 bits per heavy atom. The second kappa shape index (κ2) is 6.60. The number of aryl methyl sites for hydroxylation is 1. The fraction of sp³-hybridized carbons (Fsp3) is 0.0952. The first-order chi connectivity index (χ1) is 14.5. The van der Waals surface area contributed by atoms with Gasteiger partial charge in [-0.15, -0.1) is 5.10 Å². The molecule has 30 heavy (non-hydrogen) atoms. The molecule has 0 spiro atoms. The number of fused-ring (bicyclic) bond motifs is 2. The van der Waals surface area contributed by atoms with Crippen molar-refractivity contribution in [1.29, 1.82) is 0 Å². The molecule has 8 nitrogen and oxygen atoms in total. The second-order valence-electron chi connectivity index (χ2n) is 6.84. The summed E-state index contributed by atoms with van der Waals surface area (Å²) in [6, 6.07) is 14.3. The van der Waals surface area contributed by atoms with E-state index in [1.165, 1.54) is 4.52 Å². The highest BCUT2D eigenvalue weighted by molar-refractivity contribution is 7.15. The zero-order valence-electron chi connectivity index (χ0n) is 15.7. The number of aliphatic carboxylic acids is 1. The van der Waals surface area contributed by atoms with Gasteiger partial charge in [-0.2, -0.15) is 9.50 Å². The van der Waals surface area contributed by atoms with Crippen LogP contribution >= 0.6 is 11.3 Å². The van der Waals surface area contributed by atoms with Crippen molar-refractivity contribution in [1.82, 2.24) is 14.6 Å². The average molecular weight is 417 g/mol. The third kappa shape index (κ3) is 2.63. The maximum absolute atomic E-state index is 13.1. The van der Waals surface area contributed by atoms with Crippen LogP contribution in [0.3, 0.4) is 0 Å². The maximum atomic E-state index is 13.1. The summed E-state index contributed by atoms with van der Waals surface area (Å²) in [5, 5.41) is 15.5. The molecule has 148 valence electrons. The molecule has 0 aliphatic carbocycles. The Morgan fingerprint density at radius 1 is 1.07 bits per heavy atom. The summed E-state index contributed by atoms with van der Waals surface area (Å²) in [6.07, 6.45) is 0. The van der Waals surface area contributed by atoms with Crippen LogP contribution in [0.4, 0.5) is 5.69 Å². The molecule has 0 unspecified atom stereocenters. The Labute approximate surface area is 173 Å². The third-order valence-corrected chi connectivity index (χ3v) is 6.01. The number of para-hydroxylation sites is 1. The van der Waals surface area contributed by atoms with Crippen molar-refractivity contribution in [2.24, 2.45) is 0 Å². The topological polar surface area (TPSA) is 108 Å². The van der Waals surface area contributed by atoms with Crippen molar-refractivity contribution in [2.75, 3.05) is 11.4 Å². The van der Waals surface area contributed by atoms with E-state index in [4.69, 9.17) is 0 Å². The summed E-state index contributed by atoms with van der Waals surface area (Å²) in [4.78, 5) is 43.1. The number of carboxylic acids is 1. The lowest BCUT2D eigenvalue weighted by atomic mass is 10.1. The van der Waals surface area contributed by atoms with Gasteiger partial charge < -0.3 is 14.8 Å². The molecule has 4 aromatic rings. The van der Waals surface area contributed by atoms with Crippen molar-refractivity contribution >= 4 is 39.4 Å². The van der Waals surface area contributed by atoms with Crippen molar-refractivity contribution in [2.45, 2.75) is 6.92 Å². The average Bonchev–Trinajstić information content (AvgIpc) is 3.34. The van der Waals surface area contributed by atoms with Gasteiger partial charge in [0, 0.05) is 11.1 Å². The Kier molecular flexibility index (Phi) is 4.00. The quantitative estimate of drug-likeness (QED) is 0.469. The first-order valence-corrected chi connectivity index (χ1v) is 9.88. The van der Waals surface area contributed by atoms with Gasteiger partial charge in [0.1, 0.15) is 4.53 Å². The maximum Gasteiger partial charge on any atom is 0.291 e. The highest BCUT2D eigenvalue weighted by Crippen LogP contribution is 2.34. The lowest BCUT2D eigenvalue weighted by molar-refractivity contribution is -0.303. The Morgan fingerprint density at radius 3 is 2.47 bits per heavy atom. The van der Waals surface area contributed by atoms with Crippen molar-refractivity contribution in [3.05, 3.63) is 74.5 Å². The molecule has 2 aromatic heterocycles. The summed E-state index contributed by atoms with van der Waals surface area (Å²) in [5.41, 5.74) is 2.44. The molecule has 1 aliphatic rings. The van der Waals surface area contributed by atoms with E-state index in [1.807, 2.05) is 31.2 Å². The summed E-state index contributed by atoms with van der Waals surface area (Å²) >= 11 is 1.06. The number of hydrogen-bond donors (Lipinski definition) is 0. The highest BCUT2D eigenvalue weighted by Gasteiger charge is 2.34. The summed E-state index contributed by atoms with van der Waals surface area (Å²) in [7, 11) is 0. The van der Waals surface area contributed by atoms with Crippen LogP contribution in [0.15, 0.2) is 53.3 Å². The van der Waals surface area contributed by atoms with Crippen LogP contribution in [-0.2, 0) is 9.59 Å². The van der Waals surface area contributed by atoms with E-state index in [2.05, 4.69) is 10.1 Å². The predicted octanol–water partition coefficient (Wildman–Crippen LogP) is 0.141. The molecular weight excluding hydrogens is 404 g/mol. The fourth-order valence-electron chi connectivity index (χ4n) is 3.61. The number of aromatic nitrogens is 3. The molecule has 0 fully saturated rings. The van der Waals surface area contributed by atoms with E-state index in [9.17, 15) is 19.5 Å². The van der Waals surface area contributed by atoms with Crippen LogP contribution in [0.25, 0.3) is 21.9 Å². The lowest BCUT2D eigenvalue weighted by Crippen LogP contribution is -2.40. The standard InChI is InChI=1S/C21H14N4O4S/c1-11-6-2-3-7-12(11)18-22-21-25(23-18)20(29)17(30-21)16-13-8-4-5-9-14(13)24(19(16)28)10-15(26)27/h2-9H,10H2,1H3,(H,26,27)/p-1/b17-16+. The van der Waals surface area contributed by atoms with Gasteiger partial charge in [0.25, 0.3) is 11.5 Å². The normalized spacial score (nSPS) is 15.1. The first kappa shape index (κ1) is 18.2. The zero-order chi connectivity index (χ0) is 21.0. The number of thiazole rings is 1. The molecule has 0 saturated heterocycles.